The molecule has 1 saturated carbocycles. The Hall–Kier alpha value is -0.220. The van der Waals surface area contributed by atoms with Crippen molar-refractivity contribution in [3.63, 3.8) is 0 Å². The minimum atomic E-state index is 0.172. The van der Waals surface area contributed by atoms with Crippen LogP contribution in [0.25, 0.3) is 0 Å². The van der Waals surface area contributed by atoms with Gasteiger partial charge in [0.15, 0.2) is 0 Å². The summed E-state index contributed by atoms with van der Waals surface area (Å²) in [5.74, 6) is 1.57. The molecule has 2 fully saturated rings. The fraction of sp³-hybridized carbons (Fsp3) is 0.933. The lowest BCUT2D eigenvalue weighted by atomic mass is 9.62. The van der Waals surface area contributed by atoms with Gasteiger partial charge < -0.3 is 10.6 Å². The highest BCUT2D eigenvalue weighted by molar-refractivity contribution is 7.80. The second-order valence-corrected chi connectivity index (χ2v) is 8.08. The lowest BCUT2D eigenvalue weighted by Crippen LogP contribution is -2.49. The average Bonchev–Trinajstić information content (AvgIpc) is 2.68. The summed E-state index contributed by atoms with van der Waals surface area (Å²) in [6, 6.07) is 0.370. The predicted octanol–water partition coefficient (Wildman–Crippen LogP) is 2.31. The van der Waals surface area contributed by atoms with E-state index in [1.165, 1.54) is 0 Å². The molecule has 2 rings (SSSR count). The minimum Gasteiger partial charge on any atom is -0.339 e. The molecule has 1 aliphatic heterocycles. The van der Waals surface area contributed by atoms with E-state index in [4.69, 9.17) is 5.73 Å². The van der Waals surface area contributed by atoms with Crippen LogP contribution in [-0.4, -0.2) is 35.7 Å². The second-order valence-electron chi connectivity index (χ2n) is 7.72. The third kappa shape index (κ3) is 3.27. The number of carbonyl (C=O) groups is 1. The van der Waals surface area contributed by atoms with Crippen molar-refractivity contribution in [1.82, 2.24) is 4.90 Å². The number of likely N-dealkylation sites (tertiary alicyclic amines) is 1. The number of nitrogens with two attached hydrogens (primary N) is 1. The first-order valence-electron chi connectivity index (χ1n) is 7.39. The van der Waals surface area contributed by atoms with Crippen LogP contribution in [0.15, 0.2) is 0 Å². The molecule has 3 atom stereocenters. The first-order chi connectivity index (χ1) is 8.78. The smallest absolute Gasteiger partial charge is 0.223 e. The van der Waals surface area contributed by atoms with Crippen molar-refractivity contribution in [2.75, 3.05) is 18.8 Å². The Labute approximate surface area is 122 Å². The van der Waals surface area contributed by atoms with Crippen molar-refractivity contribution in [3.05, 3.63) is 0 Å². The lowest BCUT2D eigenvalue weighted by Gasteiger charge is -2.48. The summed E-state index contributed by atoms with van der Waals surface area (Å²) in [6.07, 6.45) is 4.00. The van der Waals surface area contributed by atoms with Crippen LogP contribution >= 0.6 is 12.6 Å². The van der Waals surface area contributed by atoms with E-state index in [2.05, 4.69) is 38.3 Å². The second kappa shape index (κ2) is 5.28. The molecular weight excluding hydrogens is 256 g/mol. The first-order valence-corrected chi connectivity index (χ1v) is 8.02. The van der Waals surface area contributed by atoms with Crippen LogP contribution in [0.4, 0.5) is 0 Å². The van der Waals surface area contributed by atoms with Crippen LogP contribution in [0.5, 0.6) is 0 Å². The molecule has 0 radical (unpaired) electrons. The summed E-state index contributed by atoms with van der Waals surface area (Å²) in [5.41, 5.74) is 6.44. The Morgan fingerprint density at radius 3 is 2.58 bits per heavy atom. The van der Waals surface area contributed by atoms with E-state index in [0.29, 0.717) is 30.8 Å². The molecule has 0 bridgehead atoms. The van der Waals surface area contributed by atoms with E-state index < -0.39 is 0 Å². The molecule has 1 aliphatic carbocycles. The summed E-state index contributed by atoms with van der Waals surface area (Å²) in [4.78, 5) is 14.3. The molecule has 1 amide bonds. The molecule has 1 heterocycles. The number of carbonyl (C=O) groups excluding carboxylic acids is 1. The number of hydrogen-bond donors (Lipinski definition) is 2. The van der Waals surface area contributed by atoms with E-state index >= 15 is 0 Å². The third-order valence-corrected chi connectivity index (χ3v) is 5.37. The zero-order chi connectivity index (χ0) is 14.3. The number of amides is 1. The number of thiol groups is 1. The largest absolute Gasteiger partial charge is 0.339 e. The molecule has 19 heavy (non-hydrogen) atoms. The van der Waals surface area contributed by atoms with Gasteiger partial charge >= 0.3 is 0 Å². The Balaban J connectivity index is 2.13. The molecule has 3 unspecified atom stereocenters. The first kappa shape index (κ1) is 15.2. The maximum Gasteiger partial charge on any atom is 0.223 e. The Morgan fingerprint density at radius 2 is 2.05 bits per heavy atom. The van der Waals surface area contributed by atoms with Gasteiger partial charge in [0.1, 0.15) is 0 Å². The summed E-state index contributed by atoms with van der Waals surface area (Å²) in [6.45, 7) is 8.50. The molecule has 2 aliphatic rings. The molecular formula is C15H28N2OS. The molecule has 4 heteroatoms. The molecule has 0 aromatic rings. The van der Waals surface area contributed by atoms with Gasteiger partial charge in [-0.1, -0.05) is 20.8 Å². The van der Waals surface area contributed by atoms with Crippen LogP contribution in [-0.2, 0) is 4.79 Å². The molecule has 0 aromatic carbocycles. The van der Waals surface area contributed by atoms with Crippen LogP contribution in [0.2, 0.25) is 0 Å². The number of nitrogens with zero attached hydrogens (tertiary/aromatic N) is 1. The van der Waals surface area contributed by atoms with Crippen LogP contribution in [0.1, 0.15) is 46.5 Å². The van der Waals surface area contributed by atoms with Gasteiger partial charge in [-0.25, -0.2) is 0 Å². The van der Waals surface area contributed by atoms with Crippen molar-refractivity contribution in [2.24, 2.45) is 22.5 Å². The monoisotopic (exact) mass is 284 g/mol. The van der Waals surface area contributed by atoms with Crippen molar-refractivity contribution < 1.29 is 4.79 Å². The van der Waals surface area contributed by atoms with Crippen molar-refractivity contribution in [2.45, 2.75) is 52.5 Å². The van der Waals surface area contributed by atoms with E-state index in [1.807, 2.05) is 0 Å². The average molecular weight is 284 g/mol. The molecule has 3 nitrogen and oxygen atoms in total. The Bertz CT molecular complexity index is 358. The SMILES string of the molecule is CC1(C)CC(N2CC(CS)CC2=O)CC(C)(CN)C1. The summed E-state index contributed by atoms with van der Waals surface area (Å²) in [5, 5.41) is 0. The Morgan fingerprint density at radius 1 is 1.37 bits per heavy atom. The fourth-order valence-electron chi connectivity index (χ4n) is 4.24. The molecule has 110 valence electrons. The van der Waals surface area contributed by atoms with E-state index in [1.54, 1.807) is 0 Å². The van der Waals surface area contributed by atoms with E-state index in [-0.39, 0.29) is 10.8 Å². The quantitative estimate of drug-likeness (QED) is 0.781. The normalized spacial score (nSPS) is 38.8. The summed E-state index contributed by atoms with van der Waals surface area (Å²) < 4.78 is 0. The lowest BCUT2D eigenvalue weighted by molar-refractivity contribution is -0.132. The Kier molecular flexibility index (Phi) is 4.22. The van der Waals surface area contributed by atoms with Crippen LogP contribution in [0.3, 0.4) is 0 Å². The van der Waals surface area contributed by atoms with Gasteiger partial charge in [0, 0.05) is 19.0 Å². The maximum atomic E-state index is 12.2. The predicted molar refractivity (Wildman–Crippen MR) is 82.3 cm³/mol. The fourth-order valence-corrected chi connectivity index (χ4v) is 4.48. The topological polar surface area (TPSA) is 46.3 Å². The van der Waals surface area contributed by atoms with Gasteiger partial charge in [-0.3, -0.25) is 4.79 Å². The minimum absolute atomic E-state index is 0.172. The molecule has 2 N–H and O–H groups in total. The highest BCUT2D eigenvalue weighted by atomic mass is 32.1. The summed E-state index contributed by atoms with van der Waals surface area (Å²) >= 11 is 4.35. The van der Waals surface area contributed by atoms with Gasteiger partial charge in [-0.2, -0.15) is 12.6 Å². The molecule has 1 saturated heterocycles. The van der Waals surface area contributed by atoms with Gasteiger partial charge in [-0.05, 0) is 48.3 Å². The number of hydrogen-bond acceptors (Lipinski definition) is 3. The molecule has 0 spiro atoms. The van der Waals surface area contributed by atoms with E-state index in [0.717, 1.165) is 31.6 Å². The van der Waals surface area contributed by atoms with Crippen LogP contribution in [0, 0.1) is 16.7 Å². The summed E-state index contributed by atoms with van der Waals surface area (Å²) in [7, 11) is 0. The molecule has 0 aromatic heterocycles. The van der Waals surface area contributed by atoms with Gasteiger partial charge in [0.05, 0.1) is 0 Å². The van der Waals surface area contributed by atoms with Gasteiger partial charge in [-0.15, -0.1) is 0 Å². The van der Waals surface area contributed by atoms with E-state index in [9.17, 15) is 4.79 Å². The van der Waals surface area contributed by atoms with Crippen molar-refractivity contribution >= 4 is 18.5 Å². The zero-order valence-corrected chi connectivity index (χ0v) is 13.4. The maximum absolute atomic E-state index is 12.2. The highest BCUT2D eigenvalue weighted by Crippen LogP contribution is 2.47. The zero-order valence-electron chi connectivity index (χ0n) is 12.5. The van der Waals surface area contributed by atoms with Gasteiger partial charge in [0.2, 0.25) is 5.91 Å². The van der Waals surface area contributed by atoms with Gasteiger partial charge in [0.25, 0.3) is 0 Å². The third-order valence-electron chi connectivity index (χ3n) is 4.85. The van der Waals surface area contributed by atoms with Crippen molar-refractivity contribution in [3.8, 4) is 0 Å². The van der Waals surface area contributed by atoms with Crippen LogP contribution < -0.4 is 5.73 Å². The number of rotatable bonds is 3. The standard InChI is InChI=1S/C15H28N2OS/c1-14(2)5-12(6-15(3,9-14)10-16)17-7-11(8-19)4-13(17)18/h11-12,19H,4-10,16H2,1-3H3. The highest BCUT2D eigenvalue weighted by Gasteiger charge is 2.45. The van der Waals surface area contributed by atoms with Crippen molar-refractivity contribution in [1.29, 1.82) is 0 Å².